The van der Waals surface area contributed by atoms with E-state index in [1.54, 1.807) is 4.47 Å². The molecule has 0 aliphatic heterocycles. The van der Waals surface area contributed by atoms with E-state index in [1.165, 1.54) is 54.7 Å². The van der Waals surface area contributed by atoms with Gasteiger partial charge in [0, 0.05) is 0 Å². The number of allylic oxidation sites excluding steroid dienone is 1. The van der Waals surface area contributed by atoms with Crippen molar-refractivity contribution >= 4 is 29.9 Å². The Balaban J connectivity index is 2.39. The fourth-order valence-corrected chi connectivity index (χ4v) is 7.25. The van der Waals surface area contributed by atoms with Crippen molar-refractivity contribution in [1.82, 2.24) is 0 Å². The first-order valence-electron chi connectivity index (χ1n) is 7.84. The van der Waals surface area contributed by atoms with E-state index in [2.05, 4.69) is 49.2 Å². The van der Waals surface area contributed by atoms with Crippen molar-refractivity contribution in [3.05, 3.63) is 45.3 Å². The molecule has 0 saturated carbocycles. The molecule has 0 fully saturated rings. The van der Waals surface area contributed by atoms with Crippen LogP contribution in [0.25, 0.3) is 0 Å². The van der Waals surface area contributed by atoms with E-state index >= 15 is 0 Å². The van der Waals surface area contributed by atoms with Gasteiger partial charge in [0.05, 0.1) is 0 Å². The van der Waals surface area contributed by atoms with Crippen LogP contribution in [0.5, 0.6) is 0 Å². The second-order valence-electron chi connectivity index (χ2n) is 5.00. The Morgan fingerprint density at radius 3 is 2.40 bits per heavy atom. The van der Waals surface area contributed by atoms with E-state index in [4.69, 9.17) is 0 Å². The molecule has 0 aliphatic carbocycles. The Morgan fingerprint density at radius 2 is 1.70 bits per heavy atom. The fourth-order valence-electron chi connectivity index (χ4n) is 1.80. The molecule has 0 nitrogen and oxygen atoms in total. The number of rotatable bonds is 11. The third-order valence-electron chi connectivity index (χ3n) is 3.12. The average molecular weight is 402 g/mol. The number of aryl methyl sites for hydroxylation is 1. The van der Waals surface area contributed by atoms with Gasteiger partial charge in [-0.3, -0.25) is 0 Å². The maximum atomic E-state index is 2.63. The molecule has 0 aromatic heterocycles. The summed E-state index contributed by atoms with van der Waals surface area (Å²) in [5, 5.41) is 2.87. The van der Waals surface area contributed by atoms with Crippen LogP contribution in [-0.2, 0) is 6.42 Å². The number of hydrogen-bond acceptors (Lipinski definition) is 0. The molecule has 0 atom stereocenters. The number of unbranched alkanes of at least 4 members (excludes halogenated alkanes) is 2. The predicted octanol–water partition coefficient (Wildman–Crippen LogP) is 5.31. The minimum absolute atomic E-state index is 0.746. The van der Waals surface area contributed by atoms with Crippen LogP contribution in [0.3, 0.4) is 0 Å². The maximum absolute atomic E-state index is 2.63. The fraction of sp³-hybridized carbons (Fsp3) is 0.556. The van der Waals surface area contributed by atoms with E-state index in [-0.39, 0.29) is 0 Å². The molecule has 112 valence electrons. The number of benzene rings is 1. The molecule has 1 aromatic rings. The van der Waals surface area contributed by atoms with Gasteiger partial charge < -0.3 is 0 Å². The van der Waals surface area contributed by atoms with Crippen LogP contribution in [0, 0.1) is 0 Å². The van der Waals surface area contributed by atoms with Crippen molar-refractivity contribution in [2.24, 2.45) is 0 Å². The first-order chi connectivity index (χ1) is 9.86. The van der Waals surface area contributed by atoms with E-state index in [9.17, 15) is 0 Å². The second kappa shape index (κ2) is 12.7. The molecule has 0 unspecified atom stereocenters. The standard InChI is InChI=1S/C18H28Se2/c1-3-5-14-19-16-18(20-15-6-4-2)13-12-17-10-8-7-9-11-17/h7-11,16H,3-6,12-15H2,1-2H3/b18-16-. The van der Waals surface area contributed by atoms with Crippen molar-refractivity contribution in [3.8, 4) is 0 Å². The topological polar surface area (TPSA) is 0 Å². The summed E-state index contributed by atoms with van der Waals surface area (Å²) in [6.45, 7) is 4.59. The Bertz CT molecular complexity index is 357. The molecule has 0 amide bonds. The molecule has 0 heterocycles. The van der Waals surface area contributed by atoms with Gasteiger partial charge in [-0.15, -0.1) is 0 Å². The Kier molecular flexibility index (Phi) is 11.5. The molecule has 0 bridgehead atoms. The Morgan fingerprint density at radius 1 is 1.00 bits per heavy atom. The van der Waals surface area contributed by atoms with E-state index < -0.39 is 0 Å². The van der Waals surface area contributed by atoms with E-state index in [0.29, 0.717) is 0 Å². The molecule has 2 heteroatoms. The van der Waals surface area contributed by atoms with Crippen LogP contribution in [0.4, 0.5) is 0 Å². The molecule has 1 rings (SSSR count). The quantitative estimate of drug-likeness (QED) is 0.348. The molecular weight excluding hydrogens is 374 g/mol. The average Bonchev–Trinajstić information content (AvgIpc) is 2.49. The van der Waals surface area contributed by atoms with E-state index in [1.807, 2.05) is 0 Å². The van der Waals surface area contributed by atoms with Gasteiger partial charge >= 0.3 is 138 Å². The van der Waals surface area contributed by atoms with E-state index in [0.717, 1.165) is 29.9 Å². The zero-order chi connectivity index (χ0) is 14.5. The van der Waals surface area contributed by atoms with Crippen LogP contribution < -0.4 is 0 Å². The van der Waals surface area contributed by atoms with Crippen molar-refractivity contribution in [3.63, 3.8) is 0 Å². The Labute approximate surface area is 138 Å². The summed E-state index contributed by atoms with van der Waals surface area (Å²) in [6, 6.07) is 11.0. The van der Waals surface area contributed by atoms with Crippen LogP contribution in [0.15, 0.2) is 39.8 Å². The summed E-state index contributed by atoms with van der Waals surface area (Å²) in [5.41, 5.74) is 1.49. The molecule has 0 radical (unpaired) electrons. The molecule has 0 N–H and O–H groups in total. The van der Waals surface area contributed by atoms with Crippen molar-refractivity contribution < 1.29 is 0 Å². The zero-order valence-electron chi connectivity index (χ0n) is 12.9. The second-order valence-corrected chi connectivity index (χ2v) is 9.61. The monoisotopic (exact) mass is 404 g/mol. The molecule has 0 spiro atoms. The Hall–Kier alpha value is -0.00104. The van der Waals surface area contributed by atoms with Gasteiger partial charge in [0.25, 0.3) is 0 Å². The minimum atomic E-state index is 0.746. The van der Waals surface area contributed by atoms with Gasteiger partial charge in [0.15, 0.2) is 0 Å². The van der Waals surface area contributed by atoms with Gasteiger partial charge in [-0.1, -0.05) is 0 Å². The normalized spacial score (nSPS) is 11.8. The summed E-state index contributed by atoms with van der Waals surface area (Å²) in [5.74, 6) is 0. The van der Waals surface area contributed by atoms with Crippen LogP contribution in [-0.4, -0.2) is 29.9 Å². The molecule has 0 saturated heterocycles. The van der Waals surface area contributed by atoms with Crippen molar-refractivity contribution in [1.29, 1.82) is 0 Å². The summed E-state index contributed by atoms with van der Waals surface area (Å²) in [4.78, 5) is 2.63. The van der Waals surface area contributed by atoms with Crippen molar-refractivity contribution in [2.45, 2.75) is 63.0 Å². The van der Waals surface area contributed by atoms with Gasteiger partial charge in [0.2, 0.25) is 0 Å². The molecule has 1 aromatic carbocycles. The summed E-state index contributed by atoms with van der Waals surface area (Å²) < 4.78 is 1.78. The van der Waals surface area contributed by atoms with Crippen LogP contribution >= 0.6 is 0 Å². The molecule has 0 aliphatic rings. The predicted molar refractivity (Wildman–Crippen MR) is 93.8 cm³/mol. The summed E-state index contributed by atoms with van der Waals surface area (Å²) in [7, 11) is 0. The summed E-state index contributed by atoms with van der Waals surface area (Å²) in [6.07, 6.45) is 8.02. The molecular formula is C18H28Se2. The van der Waals surface area contributed by atoms with Crippen LogP contribution in [0.1, 0.15) is 51.5 Å². The van der Waals surface area contributed by atoms with Gasteiger partial charge in [-0.05, 0) is 0 Å². The van der Waals surface area contributed by atoms with Crippen LogP contribution in [0.2, 0.25) is 10.6 Å². The first kappa shape index (κ1) is 18.0. The van der Waals surface area contributed by atoms with Gasteiger partial charge in [-0.2, -0.15) is 0 Å². The van der Waals surface area contributed by atoms with Gasteiger partial charge in [-0.25, -0.2) is 0 Å². The SMILES string of the molecule is CCCC[Se]/C=C(/CCc1ccccc1)[Se]CCCC. The first-order valence-corrected chi connectivity index (χ1v) is 12.1. The number of hydrogen-bond donors (Lipinski definition) is 0. The van der Waals surface area contributed by atoms with Gasteiger partial charge in [0.1, 0.15) is 0 Å². The third-order valence-corrected chi connectivity index (χ3v) is 8.41. The zero-order valence-corrected chi connectivity index (χ0v) is 16.4. The summed E-state index contributed by atoms with van der Waals surface area (Å²) >= 11 is 1.49. The molecule has 20 heavy (non-hydrogen) atoms. The van der Waals surface area contributed by atoms with Crippen molar-refractivity contribution in [2.75, 3.05) is 0 Å². The third kappa shape index (κ3) is 9.03.